The van der Waals surface area contributed by atoms with Gasteiger partial charge in [-0.25, -0.2) is 0 Å². The zero-order valence-corrected chi connectivity index (χ0v) is 8.88. The Labute approximate surface area is 91.3 Å². The number of halogens is 3. The maximum absolute atomic E-state index is 11.0. The monoisotopic (exact) mass is 240 g/mol. The molecule has 13 heavy (non-hydrogen) atoms. The summed E-state index contributed by atoms with van der Waals surface area (Å²) in [7, 11) is 0. The van der Waals surface area contributed by atoms with Gasteiger partial charge in [-0.3, -0.25) is 4.79 Å². The lowest BCUT2D eigenvalue weighted by atomic mass is 10.3. The normalized spacial score (nSPS) is 8.77. The summed E-state index contributed by atoms with van der Waals surface area (Å²) >= 11 is 16.0. The maximum Gasteiger partial charge on any atom is 0.225 e. The van der Waals surface area contributed by atoms with E-state index in [1.54, 1.807) is 6.07 Å². The molecule has 0 unspecified atom stereocenters. The van der Waals surface area contributed by atoms with E-state index in [-0.39, 0.29) is 22.5 Å². The standard InChI is InChI=1S/C7H7Cl3N2O/c8-3-1-2-6(13)12-5(4-11)7(9)10/h1-3H2,(H,12,13). The van der Waals surface area contributed by atoms with E-state index in [2.05, 4.69) is 5.32 Å². The van der Waals surface area contributed by atoms with Gasteiger partial charge in [-0.1, -0.05) is 23.2 Å². The second kappa shape index (κ2) is 7.02. The summed E-state index contributed by atoms with van der Waals surface area (Å²) in [4.78, 5) is 11.0. The highest BCUT2D eigenvalue weighted by molar-refractivity contribution is 6.56. The molecule has 6 heteroatoms. The van der Waals surface area contributed by atoms with Crippen LogP contribution in [0.15, 0.2) is 10.2 Å². The number of nitriles is 1. The summed E-state index contributed by atoms with van der Waals surface area (Å²) in [5.41, 5.74) is -0.136. The minimum absolute atomic E-state index is 0.136. The van der Waals surface area contributed by atoms with Gasteiger partial charge in [-0.05, 0) is 6.42 Å². The van der Waals surface area contributed by atoms with Crippen LogP contribution in [0, 0.1) is 11.3 Å². The van der Waals surface area contributed by atoms with Gasteiger partial charge in [-0.15, -0.1) is 11.6 Å². The number of nitrogens with one attached hydrogen (secondary N) is 1. The van der Waals surface area contributed by atoms with Gasteiger partial charge in [0, 0.05) is 12.3 Å². The number of hydrogen-bond acceptors (Lipinski definition) is 2. The lowest BCUT2D eigenvalue weighted by molar-refractivity contribution is -0.120. The number of carbonyl (C=O) groups is 1. The summed E-state index contributed by atoms with van der Waals surface area (Å²) in [6, 6.07) is 1.66. The first-order valence-electron chi connectivity index (χ1n) is 3.43. The van der Waals surface area contributed by atoms with Gasteiger partial charge < -0.3 is 5.32 Å². The lowest BCUT2D eigenvalue weighted by Gasteiger charge is -2.01. The summed E-state index contributed by atoms with van der Waals surface area (Å²) < 4.78 is -0.248. The molecule has 0 rings (SSSR count). The summed E-state index contributed by atoms with van der Waals surface area (Å²) in [6.45, 7) is 0. The summed E-state index contributed by atoms with van der Waals surface area (Å²) in [6.07, 6.45) is 0.793. The zero-order valence-electron chi connectivity index (χ0n) is 6.61. The topological polar surface area (TPSA) is 52.9 Å². The molecule has 1 amide bonds. The van der Waals surface area contributed by atoms with E-state index in [9.17, 15) is 4.79 Å². The van der Waals surface area contributed by atoms with Gasteiger partial charge in [0.2, 0.25) is 5.91 Å². The van der Waals surface area contributed by atoms with E-state index in [0.29, 0.717) is 12.3 Å². The highest BCUT2D eigenvalue weighted by Crippen LogP contribution is 2.11. The van der Waals surface area contributed by atoms with Crippen molar-refractivity contribution in [3.05, 3.63) is 10.2 Å². The van der Waals surface area contributed by atoms with Crippen molar-refractivity contribution in [3.63, 3.8) is 0 Å². The van der Waals surface area contributed by atoms with Gasteiger partial charge in [-0.2, -0.15) is 5.26 Å². The molecule has 0 spiro atoms. The highest BCUT2D eigenvalue weighted by Gasteiger charge is 2.06. The lowest BCUT2D eigenvalue weighted by Crippen LogP contribution is -2.22. The molecule has 3 nitrogen and oxygen atoms in total. The van der Waals surface area contributed by atoms with Crippen molar-refractivity contribution in [2.75, 3.05) is 5.88 Å². The Kier molecular flexibility index (Phi) is 6.79. The predicted octanol–water partition coefficient (Wildman–Crippen LogP) is 2.29. The summed E-state index contributed by atoms with van der Waals surface area (Å²) in [5.74, 6) is 0.0733. The third kappa shape index (κ3) is 5.75. The van der Waals surface area contributed by atoms with Gasteiger partial charge in [0.15, 0.2) is 5.70 Å². The molecule has 1 N–H and O–H groups in total. The van der Waals surface area contributed by atoms with Gasteiger partial charge in [0.25, 0.3) is 0 Å². The minimum atomic E-state index is -0.323. The molecule has 0 aliphatic carbocycles. The number of carbonyl (C=O) groups excluding carboxylic acids is 1. The quantitative estimate of drug-likeness (QED) is 0.606. The first-order valence-corrected chi connectivity index (χ1v) is 4.72. The molecule has 0 heterocycles. The molecular weight excluding hydrogens is 234 g/mol. The zero-order chi connectivity index (χ0) is 10.3. The number of allylic oxidation sites excluding steroid dienone is 1. The average Bonchev–Trinajstić information content (AvgIpc) is 2.10. The second-order valence-corrected chi connectivity index (χ2v) is 3.42. The maximum atomic E-state index is 11.0. The Morgan fingerprint density at radius 1 is 1.46 bits per heavy atom. The van der Waals surface area contributed by atoms with Crippen LogP contribution in [0.3, 0.4) is 0 Å². The van der Waals surface area contributed by atoms with Crippen LogP contribution in [0.25, 0.3) is 0 Å². The Hall–Kier alpha value is -0.430. The Morgan fingerprint density at radius 3 is 2.46 bits per heavy atom. The largest absolute Gasteiger partial charge is 0.315 e. The van der Waals surface area contributed by atoms with E-state index in [1.807, 2.05) is 0 Å². The van der Waals surface area contributed by atoms with Crippen molar-refractivity contribution in [1.29, 1.82) is 5.26 Å². The van der Waals surface area contributed by atoms with Crippen LogP contribution in [0.1, 0.15) is 12.8 Å². The highest BCUT2D eigenvalue weighted by atomic mass is 35.5. The Morgan fingerprint density at radius 2 is 2.08 bits per heavy atom. The molecule has 0 aliphatic rings. The van der Waals surface area contributed by atoms with E-state index in [1.165, 1.54) is 0 Å². The number of alkyl halides is 1. The van der Waals surface area contributed by atoms with Crippen LogP contribution in [0.2, 0.25) is 0 Å². The Balaban J connectivity index is 4.06. The van der Waals surface area contributed by atoms with Crippen molar-refractivity contribution in [2.24, 2.45) is 0 Å². The number of nitrogens with zero attached hydrogens (tertiary/aromatic N) is 1. The molecular formula is C7H7Cl3N2O. The molecule has 0 fully saturated rings. The van der Waals surface area contributed by atoms with Crippen LogP contribution < -0.4 is 5.32 Å². The van der Waals surface area contributed by atoms with Crippen molar-refractivity contribution in [2.45, 2.75) is 12.8 Å². The van der Waals surface area contributed by atoms with Crippen LogP contribution in [0.5, 0.6) is 0 Å². The first-order chi connectivity index (χ1) is 6.11. The SMILES string of the molecule is N#CC(NC(=O)CCCCl)=C(Cl)Cl. The number of rotatable bonds is 4. The minimum Gasteiger partial charge on any atom is -0.315 e. The van der Waals surface area contributed by atoms with Crippen molar-refractivity contribution in [1.82, 2.24) is 5.32 Å². The molecule has 0 aliphatic heterocycles. The van der Waals surface area contributed by atoms with Crippen LogP contribution in [-0.2, 0) is 4.79 Å². The third-order valence-electron chi connectivity index (χ3n) is 1.10. The smallest absolute Gasteiger partial charge is 0.225 e. The van der Waals surface area contributed by atoms with Crippen LogP contribution in [0.4, 0.5) is 0 Å². The number of hydrogen-bond donors (Lipinski definition) is 1. The molecule has 0 atom stereocenters. The fourth-order valence-corrected chi connectivity index (χ4v) is 0.859. The summed E-state index contributed by atoms with van der Waals surface area (Å²) in [5, 5.41) is 10.7. The first kappa shape index (κ1) is 12.6. The fourth-order valence-electron chi connectivity index (χ4n) is 0.547. The van der Waals surface area contributed by atoms with E-state index in [4.69, 9.17) is 40.1 Å². The van der Waals surface area contributed by atoms with Gasteiger partial charge >= 0.3 is 0 Å². The van der Waals surface area contributed by atoms with Crippen LogP contribution >= 0.6 is 34.8 Å². The predicted molar refractivity (Wildman–Crippen MR) is 52.4 cm³/mol. The van der Waals surface area contributed by atoms with E-state index >= 15 is 0 Å². The molecule has 0 aromatic heterocycles. The fraction of sp³-hybridized carbons (Fsp3) is 0.429. The van der Waals surface area contributed by atoms with E-state index in [0.717, 1.165) is 0 Å². The Bertz CT molecular complexity index is 253. The molecule has 0 saturated heterocycles. The van der Waals surface area contributed by atoms with Crippen molar-refractivity contribution < 1.29 is 4.79 Å². The van der Waals surface area contributed by atoms with Crippen molar-refractivity contribution in [3.8, 4) is 6.07 Å². The molecule has 0 aromatic rings. The average molecular weight is 242 g/mol. The molecule has 0 saturated carbocycles. The van der Waals surface area contributed by atoms with Gasteiger partial charge in [0.1, 0.15) is 10.6 Å². The van der Waals surface area contributed by atoms with E-state index < -0.39 is 0 Å². The molecule has 72 valence electrons. The molecule has 0 bridgehead atoms. The molecule has 0 aromatic carbocycles. The third-order valence-corrected chi connectivity index (χ3v) is 1.75. The van der Waals surface area contributed by atoms with Crippen molar-refractivity contribution >= 4 is 40.7 Å². The second-order valence-electron chi connectivity index (χ2n) is 2.09. The van der Waals surface area contributed by atoms with Crippen LogP contribution in [-0.4, -0.2) is 11.8 Å². The van der Waals surface area contributed by atoms with Gasteiger partial charge in [0.05, 0.1) is 0 Å². The number of amides is 1. The molecule has 0 radical (unpaired) electrons.